The maximum Gasteiger partial charge on any atom is 0.335 e. The van der Waals surface area contributed by atoms with Gasteiger partial charge in [-0.15, -0.1) is 0 Å². The largest absolute Gasteiger partial charge is 0.478 e. The van der Waals surface area contributed by atoms with E-state index in [4.69, 9.17) is 10.8 Å². The third kappa shape index (κ3) is 5.59. The molecule has 0 radical (unpaired) electrons. The van der Waals surface area contributed by atoms with Crippen molar-refractivity contribution in [3.05, 3.63) is 29.8 Å². The molecule has 1 amide bonds. The van der Waals surface area contributed by atoms with Crippen LogP contribution >= 0.6 is 0 Å². The van der Waals surface area contributed by atoms with E-state index in [1.807, 2.05) is 0 Å². The highest BCUT2D eigenvalue weighted by molar-refractivity contribution is 5.88. The second-order valence-corrected chi connectivity index (χ2v) is 2.54. The number of carboxylic acids is 1. The minimum absolute atomic E-state index is 0.222. The fraction of sp³-hybridized carbons (Fsp3) is 0.111. The first kappa shape index (κ1) is 12.0. The third-order valence-corrected chi connectivity index (χ3v) is 1.13. The molecule has 0 spiro atoms. The van der Waals surface area contributed by atoms with Crippen molar-refractivity contribution in [2.45, 2.75) is 6.92 Å². The van der Waals surface area contributed by atoms with Crippen LogP contribution in [0.4, 0.5) is 5.69 Å². The van der Waals surface area contributed by atoms with E-state index in [-0.39, 0.29) is 11.5 Å². The van der Waals surface area contributed by atoms with Gasteiger partial charge in [0.2, 0.25) is 5.91 Å². The van der Waals surface area contributed by atoms with Crippen LogP contribution in [0.25, 0.3) is 0 Å². The van der Waals surface area contributed by atoms with Crippen LogP contribution in [0.15, 0.2) is 24.3 Å². The van der Waals surface area contributed by atoms with Crippen LogP contribution in [-0.4, -0.2) is 17.0 Å². The minimum Gasteiger partial charge on any atom is -0.478 e. The molecule has 5 heteroatoms. The molecule has 14 heavy (non-hydrogen) atoms. The summed E-state index contributed by atoms with van der Waals surface area (Å²) in [4.78, 5) is 19.5. The second kappa shape index (κ2) is 5.58. The summed E-state index contributed by atoms with van der Waals surface area (Å²) in [6, 6.07) is 6.17. The first-order valence-corrected chi connectivity index (χ1v) is 3.78. The van der Waals surface area contributed by atoms with Crippen molar-refractivity contribution in [2.75, 3.05) is 5.73 Å². The van der Waals surface area contributed by atoms with Crippen molar-refractivity contribution in [1.82, 2.24) is 0 Å². The summed E-state index contributed by atoms with van der Waals surface area (Å²) < 4.78 is 0. The van der Waals surface area contributed by atoms with E-state index < -0.39 is 5.97 Å². The minimum atomic E-state index is -0.952. The number of benzene rings is 1. The molecule has 0 aromatic heterocycles. The summed E-state index contributed by atoms with van der Waals surface area (Å²) in [5.41, 5.74) is 10.5. The molecule has 1 aromatic carbocycles. The monoisotopic (exact) mass is 196 g/mol. The van der Waals surface area contributed by atoms with Gasteiger partial charge >= 0.3 is 5.97 Å². The molecule has 1 rings (SSSR count). The highest BCUT2D eigenvalue weighted by atomic mass is 16.4. The quantitative estimate of drug-likeness (QED) is 0.567. The zero-order valence-corrected chi connectivity index (χ0v) is 7.73. The van der Waals surface area contributed by atoms with Gasteiger partial charge < -0.3 is 16.6 Å². The van der Waals surface area contributed by atoms with Gasteiger partial charge in [-0.25, -0.2) is 4.79 Å². The van der Waals surface area contributed by atoms with Crippen molar-refractivity contribution < 1.29 is 14.7 Å². The van der Waals surface area contributed by atoms with E-state index >= 15 is 0 Å². The lowest BCUT2D eigenvalue weighted by Gasteiger charge is -1.93. The molecular formula is C9H12N2O3. The lowest BCUT2D eigenvalue weighted by atomic mass is 10.2. The number of rotatable bonds is 1. The van der Waals surface area contributed by atoms with Crippen molar-refractivity contribution in [3.8, 4) is 0 Å². The Bertz CT molecular complexity index is 333. The van der Waals surface area contributed by atoms with E-state index in [2.05, 4.69) is 5.73 Å². The molecule has 5 N–H and O–H groups in total. The highest BCUT2D eigenvalue weighted by Gasteiger charge is 1.99. The smallest absolute Gasteiger partial charge is 0.335 e. The lowest BCUT2D eigenvalue weighted by Crippen LogP contribution is -2.01. The number of aromatic carboxylic acids is 1. The number of carbonyl (C=O) groups excluding carboxylic acids is 1. The molecule has 0 aliphatic carbocycles. The molecule has 0 fully saturated rings. The summed E-state index contributed by atoms with van der Waals surface area (Å²) in [6.07, 6.45) is 0. The maximum atomic E-state index is 10.3. The van der Waals surface area contributed by atoms with Gasteiger partial charge in [-0.1, -0.05) is 6.07 Å². The molecule has 0 heterocycles. The predicted octanol–water partition coefficient (Wildman–Crippen LogP) is 0.459. The van der Waals surface area contributed by atoms with E-state index in [0.29, 0.717) is 5.69 Å². The van der Waals surface area contributed by atoms with Crippen LogP contribution in [0.3, 0.4) is 0 Å². The Kier molecular flexibility index (Phi) is 4.77. The summed E-state index contributed by atoms with van der Waals surface area (Å²) in [5, 5.41) is 8.45. The maximum absolute atomic E-state index is 10.3. The molecule has 0 saturated carbocycles. The Labute approximate surface area is 81.3 Å². The number of primary amides is 1. The molecule has 5 nitrogen and oxygen atoms in total. The Morgan fingerprint density at radius 3 is 2.14 bits per heavy atom. The number of hydrogen-bond donors (Lipinski definition) is 3. The van der Waals surface area contributed by atoms with Gasteiger partial charge in [-0.2, -0.15) is 0 Å². The number of anilines is 1. The second-order valence-electron chi connectivity index (χ2n) is 2.54. The molecular weight excluding hydrogens is 184 g/mol. The van der Waals surface area contributed by atoms with Crippen LogP contribution in [0.2, 0.25) is 0 Å². The molecule has 0 aliphatic rings. The zero-order chi connectivity index (χ0) is 11.1. The van der Waals surface area contributed by atoms with Crippen LogP contribution < -0.4 is 11.5 Å². The van der Waals surface area contributed by atoms with E-state index in [9.17, 15) is 9.59 Å². The number of carboxylic acid groups (broad SMARTS) is 1. The lowest BCUT2D eigenvalue weighted by molar-refractivity contribution is -0.115. The van der Waals surface area contributed by atoms with Gasteiger partial charge in [0.15, 0.2) is 0 Å². The molecule has 0 unspecified atom stereocenters. The van der Waals surface area contributed by atoms with Gasteiger partial charge in [0.25, 0.3) is 0 Å². The molecule has 76 valence electrons. The normalized spacial score (nSPS) is 8.36. The molecule has 1 aromatic rings. The van der Waals surface area contributed by atoms with Crippen LogP contribution in [0.1, 0.15) is 17.3 Å². The first-order valence-electron chi connectivity index (χ1n) is 3.78. The van der Waals surface area contributed by atoms with Crippen LogP contribution in [0.5, 0.6) is 0 Å². The summed E-state index contributed by atoms with van der Waals surface area (Å²) in [7, 11) is 0. The average molecular weight is 196 g/mol. The number of hydrogen-bond acceptors (Lipinski definition) is 3. The standard InChI is InChI=1S/C7H7NO2.C2H5NO/c8-6-3-1-2-5(4-6)7(9)10;1-2(3)4/h1-4H,8H2,(H,9,10);1H3,(H2,3,4). The number of amides is 1. The molecule has 0 saturated heterocycles. The fourth-order valence-corrected chi connectivity index (χ4v) is 0.672. The van der Waals surface area contributed by atoms with Crippen LogP contribution in [-0.2, 0) is 4.79 Å². The van der Waals surface area contributed by atoms with Gasteiger partial charge in [-0.3, -0.25) is 4.79 Å². The number of nitrogens with two attached hydrogens (primary N) is 2. The molecule has 0 bridgehead atoms. The number of nitrogen functional groups attached to an aromatic ring is 1. The summed E-state index contributed by atoms with van der Waals surface area (Å²) in [6.45, 7) is 1.31. The van der Waals surface area contributed by atoms with E-state index in [1.54, 1.807) is 12.1 Å². The van der Waals surface area contributed by atoms with Gasteiger partial charge in [0.05, 0.1) is 5.56 Å². The van der Waals surface area contributed by atoms with E-state index in [0.717, 1.165) is 0 Å². The highest BCUT2D eigenvalue weighted by Crippen LogP contribution is 2.05. The topological polar surface area (TPSA) is 106 Å². The van der Waals surface area contributed by atoms with Crippen molar-refractivity contribution in [1.29, 1.82) is 0 Å². The van der Waals surface area contributed by atoms with Crippen molar-refractivity contribution in [2.24, 2.45) is 5.73 Å². The van der Waals surface area contributed by atoms with E-state index in [1.165, 1.54) is 19.1 Å². The summed E-state index contributed by atoms with van der Waals surface area (Å²) >= 11 is 0. The fourth-order valence-electron chi connectivity index (χ4n) is 0.672. The van der Waals surface area contributed by atoms with Crippen molar-refractivity contribution >= 4 is 17.6 Å². The van der Waals surface area contributed by atoms with Crippen LogP contribution in [0, 0.1) is 0 Å². The first-order chi connectivity index (χ1) is 6.43. The SMILES string of the molecule is CC(N)=O.Nc1cccc(C(=O)O)c1. The average Bonchev–Trinajstić information content (AvgIpc) is 2.03. The summed E-state index contributed by atoms with van der Waals surface area (Å²) in [5.74, 6) is -1.28. The molecule has 0 atom stereocenters. The zero-order valence-electron chi connectivity index (χ0n) is 7.73. The number of carbonyl (C=O) groups is 2. The third-order valence-electron chi connectivity index (χ3n) is 1.13. The Morgan fingerprint density at radius 2 is 1.86 bits per heavy atom. The molecule has 0 aliphatic heterocycles. The Morgan fingerprint density at radius 1 is 1.36 bits per heavy atom. The Balaban J connectivity index is 0.000000364. The van der Waals surface area contributed by atoms with Crippen molar-refractivity contribution in [3.63, 3.8) is 0 Å². The van der Waals surface area contributed by atoms with Gasteiger partial charge in [0, 0.05) is 12.6 Å². The van der Waals surface area contributed by atoms with Gasteiger partial charge in [0.1, 0.15) is 0 Å². The van der Waals surface area contributed by atoms with Gasteiger partial charge in [-0.05, 0) is 18.2 Å². The predicted molar refractivity (Wildman–Crippen MR) is 52.7 cm³/mol. The Hall–Kier alpha value is -2.04.